The largest absolute Gasteiger partial charge is 0.345 e. The lowest BCUT2D eigenvalue weighted by Crippen LogP contribution is -2.50. The molecule has 8 heteroatoms. The van der Waals surface area contributed by atoms with E-state index in [2.05, 4.69) is 20.0 Å². The summed E-state index contributed by atoms with van der Waals surface area (Å²) < 4.78 is 2.06. The Balaban J connectivity index is 1.45. The van der Waals surface area contributed by atoms with Gasteiger partial charge in [-0.15, -0.1) is 0 Å². The van der Waals surface area contributed by atoms with Crippen LogP contribution in [0.15, 0.2) is 23.4 Å². The molecule has 1 aromatic rings. The van der Waals surface area contributed by atoms with E-state index in [1.54, 1.807) is 6.20 Å². The first-order valence-electron chi connectivity index (χ1n) is 11.6. The van der Waals surface area contributed by atoms with Crippen molar-refractivity contribution in [3.05, 3.63) is 34.7 Å². The van der Waals surface area contributed by atoms with Crippen LogP contribution in [0, 0.1) is 0 Å². The Morgan fingerprint density at radius 2 is 1.97 bits per heavy atom. The minimum atomic E-state index is -0.0881. The van der Waals surface area contributed by atoms with Crippen LogP contribution in [-0.2, 0) is 4.79 Å². The summed E-state index contributed by atoms with van der Waals surface area (Å²) in [7, 11) is 0. The van der Waals surface area contributed by atoms with Gasteiger partial charge in [-0.3, -0.25) is 19.2 Å². The number of hydrogen-bond acceptors (Lipinski definition) is 5. The van der Waals surface area contributed by atoms with Crippen LogP contribution >= 0.6 is 0 Å². The van der Waals surface area contributed by atoms with Crippen molar-refractivity contribution in [2.45, 2.75) is 51.1 Å². The molecule has 1 saturated heterocycles. The van der Waals surface area contributed by atoms with Crippen LogP contribution in [0.5, 0.6) is 0 Å². The second-order valence-electron chi connectivity index (χ2n) is 9.24. The highest BCUT2D eigenvalue weighted by atomic mass is 16.2. The number of amides is 2. The first-order valence-corrected chi connectivity index (χ1v) is 11.6. The van der Waals surface area contributed by atoms with Crippen LogP contribution < -0.4 is 11.1 Å². The summed E-state index contributed by atoms with van der Waals surface area (Å²) in [5.74, 6) is 0.0428. The van der Waals surface area contributed by atoms with E-state index in [0.29, 0.717) is 24.6 Å². The first kappa shape index (κ1) is 20.5. The minimum absolute atomic E-state index is 0.0556. The van der Waals surface area contributed by atoms with Crippen LogP contribution in [-0.4, -0.2) is 76.7 Å². The summed E-state index contributed by atoms with van der Waals surface area (Å²) >= 11 is 0. The highest BCUT2D eigenvalue weighted by Gasteiger charge is 2.38. The fourth-order valence-corrected chi connectivity index (χ4v) is 5.52. The fourth-order valence-electron chi connectivity index (χ4n) is 5.52. The normalized spacial score (nSPS) is 24.7. The number of piperazine rings is 1. The fraction of sp³-hybridized carbons (Fsp3) is 0.609. The third-order valence-corrected chi connectivity index (χ3v) is 7.27. The lowest BCUT2D eigenvalue weighted by molar-refractivity contribution is -0.128. The number of fused-ring (bicyclic) bond motifs is 3. The quantitative estimate of drug-likeness (QED) is 0.760. The van der Waals surface area contributed by atoms with Gasteiger partial charge >= 0.3 is 0 Å². The maximum Gasteiger partial charge on any atom is 0.255 e. The van der Waals surface area contributed by atoms with Crippen LogP contribution in [0.3, 0.4) is 0 Å². The van der Waals surface area contributed by atoms with E-state index in [1.165, 1.54) is 12.8 Å². The number of aromatic nitrogens is 2. The van der Waals surface area contributed by atoms with Crippen LogP contribution in [0.4, 0.5) is 0 Å². The van der Waals surface area contributed by atoms with E-state index in [0.717, 1.165) is 68.0 Å². The van der Waals surface area contributed by atoms with Gasteiger partial charge in [0.1, 0.15) is 0 Å². The molecular weight excluding hydrogens is 392 g/mol. The van der Waals surface area contributed by atoms with Gasteiger partial charge in [-0.2, -0.15) is 5.10 Å². The smallest absolute Gasteiger partial charge is 0.255 e. The molecule has 0 radical (unpaired) electrons. The molecule has 1 aromatic heterocycles. The second-order valence-corrected chi connectivity index (χ2v) is 9.24. The van der Waals surface area contributed by atoms with Gasteiger partial charge in [0.15, 0.2) is 0 Å². The molecule has 3 heterocycles. The molecular formula is C23H32N6O2. The van der Waals surface area contributed by atoms with E-state index in [1.807, 2.05) is 17.9 Å². The van der Waals surface area contributed by atoms with Crippen molar-refractivity contribution in [1.29, 1.82) is 0 Å². The van der Waals surface area contributed by atoms with E-state index in [-0.39, 0.29) is 17.9 Å². The van der Waals surface area contributed by atoms with Crippen molar-refractivity contribution in [1.82, 2.24) is 24.9 Å². The van der Waals surface area contributed by atoms with E-state index in [4.69, 9.17) is 5.73 Å². The first-order chi connectivity index (χ1) is 15.1. The molecule has 0 spiro atoms. The number of nitrogens with zero attached hydrogens (tertiary/aromatic N) is 4. The summed E-state index contributed by atoms with van der Waals surface area (Å²) in [5.41, 5.74) is 10.1. The molecule has 4 aliphatic rings. The highest BCUT2D eigenvalue weighted by molar-refractivity contribution is 6.06. The zero-order valence-electron chi connectivity index (χ0n) is 18.3. The summed E-state index contributed by atoms with van der Waals surface area (Å²) in [4.78, 5) is 30.4. The Kier molecular flexibility index (Phi) is 5.44. The van der Waals surface area contributed by atoms with Gasteiger partial charge in [-0.25, -0.2) is 0 Å². The molecule has 5 rings (SSSR count). The molecule has 1 atom stereocenters. The number of carbonyl (C=O) groups is 2. The zero-order valence-corrected chi connectivity index (χ0v) is 18.3. The van der Waals surface area contributed by atoms with Gasteiger partial charge in [0.2, 0.25) is 0 Å². The molecule has 1 unspecified atom stereocenters. The highest BCUT2D eigenvalue weighted by Crippen LogP contribution is 2.39. The molecule has 1 saturated carbocycles. The molecule has 2 fully saturated rings. The number of nitrogens with two attached hydrogens (primary N) is 1. The molecule has 2 aliphatic carbocycles. The maximum atomic E-state index is 13.4. The van der Waals surface area contributed by atoms with Crippen molar-refractivity contribution >= 4 is 17.4 Å². The average molecular weight is 425 g/mol. The molecule has 2 amide bonds. The van der Waals surface area contributed by atoms with Crippen molar-refractivity contribution < 1.29 is 9.59 Å². The molecule has 8 nitrogen and oxygen atoms in total. The molecule has 2 aliphatic heterocycles. The van der Waals surface area contributed by atoms with Crippen molar-refractivity contribution in [3.63, 3.8) is 0 Å². The lowest BCUT2D eigenvalue weighted by atomic mass is 9.83. The second kappa shape index (κ2) is 8.24. The van der Waals surface area contributed by atoms with Crippen molar-refractivity contribution in [2.75, 3.05) is 39.3 Å². The zero-order chi connectivity index (χ0) is 21.5. The molecule has 0 aromatic carbocycles. The Morgan fingerprint density at radius 1 is 1.23 bits per heavy atom. The van der Waals surface area contributed by atoms with Crippen molar-refractivity contribution in [3.8, 4) is 0 Å². The minimum Gasteiger partial charge on any atom is -0.345 e. The number of hydrogen-bond donors (Lipinski definition) is 2. The maximum absolute atomic E-state index is 13.4. The molecule has 166 valence electrons. The number of nitrogens with one attached hydrogen (secondary N) is 1. The Morgan fingerprint density at radius 3 is 2.68 bits per heavy atom. The van der Waals surface area contributed by atoms with Crippen LogP contribution in [0.2, 0.25) is 0 Å². The topological polar surface area (TPSA) is 96.5 Å². The van der Waals surface area contributed by atoms with Crippen molar-refractivity contribution in [2.24, 2.45) is 5.73 Å². The Hall–Kier alpha value is -2.45. The number of rotatable bonds is 4. The number of carbonyl (C=O) groups excluding carboxylic acids is 2. The van der Waals surface area contributed by atoms with E-state index in [9.17, 15) is 9.59 Å². The predicted molar refractivity (Wildman–Crippen MR) is 118 cm³/mol. The molecule has 0 bridgehead atoms. The van der Waals surface area contributed by atoms with Gasteiger partial charge in [0.05, 0.1) is 29.5 Å². The van der Waals surface area contributed by atoms with Crippen LogP contribution in [0.25, 0.3) is 5.57 Å². The van der Waals surface area contributed by atoms with Gasteiger partial charge < -0.3 is 16.0 Å². The summed E-state index contributed by atoms with van der Waals surface area (Å²) in [6.07, 6.45) is 9.00. The predicted octanol–water partition coefficient (Wildman–Crippen LogP) is 1.32. The average Bonchev–Trinajstić information content (AvgIpc) is 3.44. The van der Waals surface area contributed by atoms with Gasteiger partial charge in [0, 0.05) is 50.4 Å². The third kappa shape index (κ3) is 3.61. The van der Waals surface area contributed by atoms with Gasteiger partial charge in [-0.05, 0) is 32.3 Å². The van der Waals surface area contributed by atoms with Gasteiger partial charge in [0.25, 0.3) is 11.8 Å². The lowest BCUT2D eigenvalue weighted by Gasteiger charge is -2.37. The summed E-state index contributed by atoms with van der Waals surface area (Å²) in [5, 5.41) is 7.74. The van der Waals surface area contributed by atoms with E-state index >= 15 is 0 Å². The summed E-state index contributed by atoms with van der Waals surface area (Å²) in [6, 6.07) is 0.257. The Bertz CT molecular complexity index is 947. The third-order valence-electron chi connectivity index (χ3n) is 7.27. The molecule has 31 heavy (non-hydrogen) atoms. The van der Waals surface area contributed by atoms with Crippen LogP contribution in [0.1, 0.15) is 61.1 Å². The van der Waals surface area contributed by atoms with E-state index < -0.39 is 0 Å². The SMILES string of the molecule is CC1=C(C(=O)N2CCN(CCN)CC2)C=C2c3c(cnn3C3CCCC3)C(=O)NC2C1. The van der Waals surface area contributed by atoms with Gasteiger partial charge in [-0.1, -0.05) is 18.4 Å². The molecule has 3 N–H and O–H groups in total. The standard InChI is InChI=1S/C23H32N6O2/c1-15-12-20-18(13-17(15)23(31)28-10-8-27(7-6-24)9-11-28)21-19(22(30)26-20)14-25-29(21)16-4-2-3-5-16/h13-14,16,20H,2-12,24H2,1H3,(H,26,30). The summed E-state index contributed by atoms with van der Waals surface area (Å²) in [6.45, 7) is 6.72. The monoisotopic (exact) mass is 424 g/mol. The Labute approximate surface area is 183 Å².